The minimum atomic E-state index is 1.15. The molecule has 0 amide bonds. The summed E-state index contributed by atoms with van der Waals surface area (Å²) in [5, 5.41) is 1.40. The Morgan fingerprint density at radius 2 is 1.60 bits per heavy atom. The van der Waals surface area contributed by atoms with Gasteiger partial charge in [0, 0.05) is 18.0 Å². The molecular formula is C19H21N. The lowest BCUT2D eigenvalue weighted by Crippen LogP contribution is -1.94. The van der Waals surface area contributed by atoms with E-state index in [9.17, 15) is 0 Å². The van der Waals surface area contributed by atoms with E-state index in [2.05, 4.69) is 73.1 Å². The average Bonchev–Trinajstić information content (AvgIpc) is 2.79. The lowest BCUT2D eigenvalue weighted by atomic mass is 10.0. The van der Waals surface area contributed by atoms with Crippen LogP contribution in [0.2, 0.25) is 0 Å². The summed E-state index contributed by atoms with van der Waals surface area (Å²) in [6, 6.07) is 19.5. The van der Waals surface area contributed by atoms with Crippen LogP contribution in [0, 0.1) is 0 Å². The number of aromatic nitrogens is 1. The van der Waals surface area contributed by atoms with Gasteiger partial charge in [-0.25, -0.2) is 0 Å². The standard InChI is InChI=1S/C19H21N/c1-3-4-12-17-16-13-8-9-14-18(16)20(2)19(17)15-10-6-5-7-11-15/h5-11,13-14H,3-4,12H2,1-2H3. The van der Waals surface area contributed by atoms with Crippen LogP contribution >= 0.6 is 0 Å². The molecule has 0 atom stereocenters. The van der Waals surface area contributed by atoms with Gasteiger partial charge in [0.1, 0.15) is 0 Å². The highest BCUT2D eigenvalue weighted by molar-refractivity contribution is 5.91. The van der Waals surface area contributed by atoms with Crippen LogP contribution in [0.5, 0.6) is 0 Å². The van der Waals surface area contributed by atoms with E-state index in [1.54, 1.807) is 0 Å². The number of para-hydroxylation sites is 1. The van der Waals surface area contributed by atoms with Crippen LogP contribution in [0.15, 0.2) is 54.6 Å². The third-order valence-electron chi connectivity index (χ3n) is 4.04. The predicted molar refractivity (Wildman–Crippen MR) is 87.0 cm³/mol. The summed E-state index contributed by atoms with van der Waals surface area (Å²) in [7, 11) is 2.18. The van der Waals surface area contributed by atoms with Crippen molar-refractivity contribution in [3.8, 4) is 11.3 Å². The molecule has 3 rings (SSSR count). The number of unbranched alkanes of at least 4 members (excludes halogenated alkanes) is 1. The number of hydrogen-bond donors (Lipinski definition) is 0. The second-order valence-corrected chi connectivity index (χ2v) is 5.37. The van der Waals surface area contributed by atoms with Crippen LogP contribution in [0.25, 0.3) is 22.2 Å². The minimum absolute atomic E-state index is 1.15. The zero-order chi connectivity index (χ0) is 13.9. The third kappa shape index (κ3) is 2.14. The lowest BCUT2D eigenvalue weighted by molar-refractivity contribution is 0.796. The van der Waals surface area contributed by atoms with Gasteiger partial charge < -0.3 is 4.57 Å². The van der Waals surface area contributed by atoms with E-state index in [1.807, 2.05) is 0 Å². The fraction of sp³-hybridized carbons (Fsp3) is 0.263. The Balaban J connectivity index is 2.26. The van der Waals surface area contributed by atoms with Crippen molar-refractivity contribution in [1.29, 1.82) is 0 Å². The molecule has 0 fully saturated rings. The molecule has 0 N–H and O–H groups in total. The third-order valence-corrected chi connectivity index (χ3v) is 4.04. The Kier molecular flexibility index (Phi) is 3.60. The molecule has 1 nitrogen and oxygen atoms in total. The molecule has 1 aromatic heterocycles. The van der Waals surface area contributed by atoms with E-state index >= 15 is 0 Å². The summed E-state index contributed by atoms with van der Waals surface area (Å²) >= 11 is 0. The number of nitrogens with zero attached hydrogens (tertiary/aromatic N) is 1. The van der Waals surface area contributed by atoms with E-state index in [0.717, 1.165) is 6.42 Å². The van der Waals surface area contributed by atoms with Crippen LogP contribution in [-0.4, -0.2) is 4.57 Å². The number of hydrogen-bond acceptors (Lipinski definition) is 0. The van der Waals surface area contributed by atoms with Gasteiger partial charge in [-0.1, -0.05) is 61.9 Å². The zero-order valence-electron chi connectivity index (χ0n) is 12.3. The summed E-state index contributed by atoms with van der Waals surface area (Å²) in [6.45, 7) is 2.26. The quantitative estimate of drug-likeness (QED) is 0.610. The molecule has 0 aliphatic heterocycles. The maximum Gasteiger partial charge on any atom is 0.0521 e. The molecular weight excluding hydrogens is 242 g/mol. The van der Waals surface area contributed by atoms with Gasteiger partial charge >= 0.3 is 0 Å². The van der Waals surface area contributed by atoms with E-state index in [0.29, 0.717) is 0 Å². The molecule has 0 aliphatic rings. The van der Waals surface area contributed by atoms with Crippen molar-refractivity contribution in [3.05, 3.63) is 60.2 Å². The average molecular weight is 263 g/mol. The fourth-order valence-electron chi connectivity index (χ4n) is 3.04. The van der Waals surface area contributed by atoms with Gasteiger partial charge in [-0.05, 0) is 30.0 Å². The van der Waals surface area contributed by atoms with Crippen LogP contribution < -0.4 is 0 Å². The Hall–Kier alpha value is -2.02. The van der Waals surface area contributed by atoms with Crippen molar-refractivity contribution in [1.82, 2.24) is 4.57 Å². The Bertz CT molecular complexity index is 707. The van der Waals surface area contributed by atoms with E-state index < -0.39 is 0 Å². The molecule has 3 aromatic rings. The molecule has 20 heavy (non-hydrogen) atoms. The number of benzene rings is 2. The molecule has 0 saturated heterocycles. The lowest BCUT2D eigenvalue weighted by Gasteiger charge is -2.08. The maximum absolute atomic E-state index is 2.34. The van der Waals surface area contributed by atoms with Gasteiger partial charge in [0.15, 0.2) is 0 Å². The highest BCUT2D eigenvalue weighted by Crippen LogP contribution is 2.33. The van der Waals surface area contributed by atoms with Crippen LogP contribution in [-0.2, 0) is 13.5 Å². The molecule has 0 saturated carbocycles. The fourth-order valence-corrected chi connectivity index (χ4v) is 3.04. The van der Waals surface area contributed by atoms with Crippen molar-refractivity contribution in [2.75, 3.05) is 0 Å². The topological polar surface area (TPSA) is 4.93 Å². The summed E-state index contributed by atoms with van der Waals surface area (Å²) in [5.74, 6) is 0. The molecule has 2 aromatic carbocycles. The first-order chi connectivity index (χ1) is 9.83. The first-order valence-corrected chi connectivity index (χ1v) is 7.44. The first kappa shape index (κ1) is 13.0. The van der Waals surface area contributed by atoms with Crippen LogP contribution in [0.1, 0.15) is 25.3 Å². The molecule has 1 heteroatoms. The van der Waals surface area contributed by atoms with Crippen molar-refractivity contribution in [2.45, 2.75) is 26.2 Å². The molecule has 0 radical (unpaired) electrons. The van der Waals surface area contributed by atoms with Gasteiger partial charge in [0.2, 0.25) is 0 Å². The van der Waals surface area contributed by atoms with Gasteiger partial charge in [-0.15, -0.1) is 0 Å². The second-order valence-electron chi connectivity index (χ2n) is 5.37. The van der Waals surface area contributed by atoms with Gasteiger partial charge in [0.25, 0.3) is 0 Å². The monoisotopic (exact) mass is 263 g/mol. The minimum Gasteiger partial charge on any atom is -0.343 e. The normalized spacial score (nSPS) is 11.1. The first-order valence-electron chi connectivity index (χ1n) is 7.44. The largest absolute Gasteiger partial charge is 0.343 e. The molecule has 1 heterocycles. The van der Waals surface area contributed by atoms with E-state index in [-0.39, 0.29) is 0 Å². The van der Waals surface area contributed by atoms with Crippen molar-refractivity contribution < 1.29 is 0 Å². The smallest absolute Gasteiger partial charge is 0.0521 e. The van der Waals surface area contributed by atoms with Gasteiger partial charge in [-0.2, -0.15) is 0 Å². The zero-order valence-corrected chi connectivity index (χ0v) is 12.3. The summed E-state index contributed by atoms with van der Waals surface area (Å²) in [4.78, 5) is 0. The predicted octanol–water partition coefficient (Wildman–Crippen LogP) is 5.19. The summed E-state index contributed by atoms with van der Waals surface area (Å²) in [6.07, 6.45) is 3.63. The molecule has 0 aliphatic carbocycles. The Labute approximate surface area is 120 Å². The van der Waals surface area contributed by atoms with Gasteiger partial charge in [-0.3, -0.25) is 0 Å². The highest BCUT2D eigenvalue weighted by atomic mass is 14.9. The Morgan fingerprint density at radius 3 is 2.35 bits per heavy atom. The molecule has 0 bridgehead atoms. The van der Waals surface area contributed by atoms with E-state index in [4.69, 9.17) is 0 Å². The number of fused-ring (bicyclic) bond motifs is 1. The highest BCUT2D eigenvalue weighted by Gasteiger charge is 2.15. The maximum atomic E-state index is 2.34. The number of rotatable bonds is 4. The number of aryl methyl sites for hydroxylation is 2. The van der Waals surface area contributed by atoms with Crippen LogP contribution in [0.3, 0.4) is 0 Å². The second kappa shape index (κ2) is 5.54. The van der Waals surface area contributed by atoms with Crippen molar-refractivity contribution >= 4 is 10.9 Å². The van der Waals surface area contributed by atoms with Crippen molar-refractivity contribution in [3.63, 3.8) is 0 Å². The van der Waals surface area contributed by atoms with Crippen molar-refractivity contribution in [2.24, 2.45) is 7.05 Å². The van der Waals surface area contributed by atoms with Gasteiger partial charge in [0.05, 0.1) is 5.69 Å². The van der Waals surface area contributed by atoms with E-state index in [1.165, 1.54) is 40.6 Å². The molecule has 102 valence electrons. The Morgan fingerprint density at radius 1 is 0.900 bits per heavy atom. The molecule has 0 unspecified atom stereocenters. The molecule has 0 spiro atoms. The SMILES string of the molecule is CCCCc1c(-c2ccccc2)n(C)c2ccccc12. The van der Waals surface area contributed by atoms with Crippen LogP contribution in [0.4, 0.5) is 0 Å². The summed E-state index contributed by atoms with van der Waals surface area (Å²) < 4.78 is 2.34. The summed E-state index contributed by atoms with van der Waals surface area (Å²) in [5.41, 5.74) is 5.52.